The molecule has 0 aliphatic heterocycles. The van der Waals surface area contributed by atoms with Crippen molar-refractivity contribution in [1.29, 1.82) is 0 Å². The summed E-state index contributed by atoms with van der Waals surface area (Å²) in [6.07, 6.45) is 0.311. The molecule has 5 heteroatoms. The van der Waals surface area contributed by atoms with Gasteiger partial charge < -0.3 is 21.1 Å². The first-order valence-electron chi connectivity index (χ1n) is 5.95. The van der Waals surface area contributed by atoms with Crippen LogP contribution in [-0.2, 0) is 0 Å². The van der Waals surface area contributed by atoms with Crippen LogP contribution in [0.3, 0.4) is 0 Å². The van der Waals surface area contributed by atoms with Crippen molar-refractivity contribution < 1.29 is 9.90 Å². The van der Waals surface area contributed by atoms with E-state index in [-0.39, 0.29) is 12.0 Å². The second kappa shape index (κ2) is 6.26. The van der Waals surface area contributed by atoms with Crippen molar-refractivity contribution in [3.8, 4) is 0 Å². The first kappa shape index (κ1) is 14.3. The zero-order chi connectivity index (χ0) is 13.7. The first-order chi connectivity index (χ1) is 8.41. The zero-order valence-electron chi connectivity index (χ0n) is 11.1. The van der Waals surface area contributed by atoms with Gasteiger partial charge in [0.2, 0.25) is 0 Å². The van der Waals surface area contributed by atoms with Gasteiger partial charge in [0, 0.05) is 26.2 Å². The van der Waals surface area contributed by atoms with Crippen LogP contribution < -0.4 is 11.1 Å². The normalized spacial score (nSPS) is 12.0. The van der Waals surface area contributed by atoms with E-state index in [2.05, 4.69) is 5.32 Å². The maximum Gasteiger partial charge on any atom is 0.253 e. The number of nitrogen functional groups attached to an aromatic ring is 1. The Hall–Kier alpha value is -1.75. The maximum atomic E-state index is 11.7. The van der Waals surface area contributed by atoms with E-state index >= 15 is 0 Å². The van der Waals surface area contributed by atoms with Gasteiger partial charge in [0.25, 0.3) is 5.91 Å². The Balaban J connectivity index is 2.71. The van der Waals surface area contributed by atoms with Crippen molar-refractivity contribution in [3.63, 3.8) is 0 Å². The number of hydrogen-bond acceptors (Lipinski definition) is 4. The highest BCUT2D eigenvalue weighted by molar-refractivity contribution is 5.95. The van der Waals surface area contributed by atoms with E-state index < -0.39 is 0 Å². The van der Waals surface area contributed by atoms with Crippen molar-refractivity contribution in [1.82, 2.24) is 4.90 Å². The third kappa shape index (κ3) is 3.92. The summed E-state index contributed by atoms with van der Waals surface area (Å²) in [6, 6.07) is 5.19. The fourth-order valence-electron chi connectivity index (χ4n) is 1.53. The first-order valence-corrected chi connectivity index (χ1v) is 5.95. The number of amides is 1. The van der Waals surface area contributed by atoms with Crippen LogP contribution in [0, 0.1) is 0 Å². The summed E-state index contributed by atoms with van der Waals surface area (Å²) >= 11 is 0. The van der Waals surface area contributed by atoms with E-state index in [1.807, 2.05) is 0 Å². The number of anilines is 2. The molecule has 18 heavy (non-hydrogen) atoms. The van der Waals surface area contributed by atoms with Crippen molar-refractivity contribution in [2.45, 2.75) is 19.4 Å². The van der Waals surface area contributed by atoms with E-state index in [1.165, 1.54) is 4.90 Å². The van der Waals surface area contributed by atoms with E-state index in [0.717, 1.165) is 5.69 Å². The highest BCUT2D eigenvalue weighted by Crippen LogP contribution is 2.20. The highest BCUT2D eigenvalue weighted by Gasteiger charge is 2.09. The molecule has 5 nitrogen and oxygen atoms in total. The molecular weight excluding hydrogens is 230 g/mol. The number of aliphatic hydroxyl groups excluding tert-OH is 1. The van der Waals surface area contributed by atoms with Crippen LogP contribution in [0.15, 0.2) is 18.2 Å². The minimum atomic E-state index is -0.340. The molecular formula is C13H21N3O2. The smallest absolute Gasteiger partial charge is 0.253 e. The number of carbonyl (C=O) groups excluding carboxylic acids is 1. The molecule has 1 amide bonds. The summed E-state index contributed by atoms with van der Waals surface area (Å²) in [7, 11) is 3.40. The molecule has 0 spiro atoms. The lowest BCUT2D eigenvalue weighted by Crippen LogP contribution is -2.21. The lowest BCUT2D eigenvalue weighted by atomic mass is 10.1. The Bertz CT molecular complexity index is 417. The Kier molecular flexibility index (Phi) is 4.97. The van der Waals surface area contributed by atoms with Crippen LogP contribution >= 0.6 is 0 Å². The van der Waals surface area contributed by atoms with Gasteiger partial charge in [-0.25, -0.2) is 0 Å². The van der Waals surface area contributed by atoms with E-state index in [1.54, 1.807) is 39.2 Å². The molecule has 0 aliphatic carbocycles. The van der Waals surface area contributed by atoms with Crippen LogP contribution in [0.25, 0.3) is 0 Å². The maximum absolute atomic E-state index is 11.7. The number of hydrogen-bond donors (Lipinski definition) is 3. The molecule has 1 atom stereocenters. The quantitative estimate of drug-likeness (QED) is 0.686. The number of nitrogens with two attached hydrogens (primary N) is 1. The topological polar surface area (TPSA) is 78.6 Å². The fourth-order valence-corrected chi connectivity index (χ4v) is 1.53. The van der Waals surface area contributed by atoms with E-state index in [4.69, 9.17) is 10.8 Å². The Labute approximate surface area is 108 Å². The monoisotopic (exact) mass is 251 g/mol. The third-order valence-corrected chi connectivity index (χ3v) is 2.58. The number of aliphatic hydroxyl groups is 1. The predicted molar refractivity (Wildman–Crippen MR) is 73.7 cm³/mol. The SMILES string of the molecule is CC(O)CCNc1ccc(C(=O)N(C)C)cc1N. The number of carbonyl (C=O) groups is 1. The molecule has 0 aliphatic rings. The standard InChI is InChI=1S/C13H21N3O2/c1-9(17)6-7-15-12-5-4-10(8-11(12)14)13(18)16(2)3/h4-5,8-9,15,17H,6-7,14H2,1-3H3. The van der Waals surface area contributed by atoms with Crippen LogP contribution in [0.2, 0.25) is 0 Å². The molecule has 1 rings (SSSR count). The number of benzene rings is 1. The molecule has 0 radical (unpaired) electrons. The van der Waals surface area contributed by atoms with Crippen LogP contribution in [-0.4, -0.2) is 42.7 Å². The predicted octanol–water partition coefficient (Wildman–Crippen LogP) is 1.15. The number of nitrogens with zero attached hydrogens (tertiary/aromatic N) is 1. The Morgan fingerprint density at radius 2 is 2.17 bits per heavy atom. The van der Waals surface area contributed by atoms with Gasteiger partial charge in [0.05, 0.1) is 17.5 Å². The summed E-state index contributed by atoms with van der Waals surface area (Å²) < 4.78 is 0. The average Bonchev–Trinajstić information content (AvgIpc) is 2.29. The van der Waals surface area contributed by atoms with Crippen molar-refractivity contribution in [2.75, 3.05) is 31.7 Å². The molecule has 4 N–H and O–H groups in total. The molecule has 0 saturated heterocycles. The summed E-state index contributed by atoms with van der Waals surface area (Å²) in [5.41, 5.74) is 7.77. The van der Waals surface area contributed by atoms with Crippen molar-refractivity contribution in [2.24, 2.45) is 0 Å². The minimum absolute atomic E-state index is 0.0720. The molecule has 1 unspecified atom stereocenters. The van der Waals surface area contributed by atoms with Gasteiger partial charge >= 0.3 is 0 Å². The van der Waals surface area contributed by atoms with Gasteiger partial charge in [-0.2, -0.15) is 0 Å². The Morgan fingerprint density at radius 3 is 2.67 bits per heavy atom. The second-order valence-corrected chi connectivity index (χ2v) is 4.57. The molecule has 100 valence electrons. The van der Waals surface area contributed by atoms with Gasteiger partial charge in [-0.1, -0.05) is 0 Å². The van der Waals surface area contributed by atoms with Crippen LogP contribution in [0.1, 0.15) is 23.7 Å². The Morgan fingerprint density at radius 1 is 1.50 bits per heavy atom. The van der Waals surface area contributed by atoms with Crippen molar-refractivity contribution >= 4 is 17.3 Å². The number of rotatable bonds is 5. The summed E-state index contributed by atoms with van der Waals surface area (Å²) in [4.78, 5) is 13.2. The molecule has 1 aromatic rings. The van der Waals surface area contributed by atoms with Gasteiger partial charge in [-0.05, 0) is 31.5 Å². The van der Waals surface area contributed by atoms with Crippen LogP contribution in [0.5, 0.6) is 0 Å². The summed E-state index contributed by atoms with van der Waals surface area (Å²) in [5.74, 6) is -0.0720. The van der Waals surface area contributed by atoms with Gasteiger partial charge in [-0.3, -0.25) is 4.79 Å². The zero-order valence-corrected chi connectivity index (χ0v) is 11.1. The van der Waals surface area contributed by atoms with Gasteiger partial charge in [-0.15, -0.1) is 0 Å². The molecule has 0 fully saturated rings. The summed E-state index contributed by atoms with van der Waals surface area (Å²) in [5, 5.41) is 12.3. The minimum Gasteiger partial charge on any atom is -0.397 e. The fraction of sp³-hybridized carbons (Fsp3) is 0.462. The van der Waals surface area contributed by atoms with Gasteiger partial charge in [0.1, 0.15) is 0 Å². The second-order valence-electron chi connectivity index (χ2n) is 4.57. The largest absolute Gasteiger partial charge is 0.397 e. The highest BCUT2D eigenvalue weighted by atomic mass is 16.3. The molecule has 0 aromatic heterocycles. The molecule has 0 saturated carbocycles. The lowest BCUT2D eigenvalue weighted by molar-refractivity contribution is 0.0827. The lowest BCUT2D eigenvalue weighted by Gasteiger charge is -2.14. The molecule has 0 heterocycles. The van der Waals surface area contributed by atoms with Crippen molar-refractivity contribution in [3.05, 3.63) is 23.8 Å². The average molecular weight is 251 g/mol. The third-order valence-electron chi connectivity index (χ3n) is 2.58. The molecule has 1 aromatic carbocycles. The van der Waals surface area contributed by atoms with E-state index in [0.29, 0.717) is 24.2 Å². The van der Waals surface area contributed by atoms with Gasteiger partial charge in [0.15, 0.2) is 0 Å². The summed E-state index contributed by atoms with van der Waals surface area (Å²) in [6.45, 7) is 2.38. The number of nitrogens with one attached hydrogen (secondary N) is 1. The van der Waals surface area contributed by atoms with Crippen LogP contribution in [0.4, 0.5) is 11.4 Å². The van der Waals surface area contributed by atoms with E-state index in [9.17, 15) is 4.79 Å². The molecule has 0 bridgehead atoms.